The summed E-state index contributed by atoms with van der Waals surface area (Å²) in [6.07, 6.45) is 0. The highest BCUT2D eigenvalue weighted by atomic mass is 32.1. The van der Waals surface area contributed by atoms with Gasteiger partial charge in [0.05, 0.1) is 17.8 Å². The number of thiophene rings is 1. The number of rotatable bonds is 5. The van der Waals surface area contributed by atoms with E-state index in [0.717, 1.165) is 4.88 Å². The first-order chi connectivity index (χ1) is 9.50. The Morgan fingerprint density at radius 1 is 1.35 bits per heavy atom. The highest BCUT2D eigenvalue weighted by Crippen LogP contribution is 2.29. The van der Waals surface area contributed by atoms with Gasteiger partial charge >= 0.3 is 5.97 Å². The quantitative estimate of drug-likeness (QED) is 0.905. The van der Waals surface area contributed by atoms with Gasteiger partial charge in [0.2, 0.25) is 0 Å². The number of halogens is 1. The maximum Gasteiger partial charge on any atom is 0.337 e. The van der Waals surface area contributed by atoms with Gasteiger partial charge in [-0.3, -0.25) is 0 Å². The fourth-order valence-electron chi connectivity index (χ4n) is 2.07. The van der Waals surface area contributed by atoms with Crippen molar-refractivity contribution in [1.29, 1.82) is 0 Å². The van der Waals surface area contributed by atoms with Crippen LogP contribution in [0.3, 0.4) is 0 Å². The second-order valence-electron chi connectivity index (χ2n) is 4.74. The van der Waals surface area contributed by atoms with Crippen LogP contribution >= 0.6 is 11.3 Å². The van der Waals surface area contributed by atoms with Crippen LogP contribution < -0.4 is 4.90 Å². The minimum atomic E-state index is -1.11. The number of anilines is 1. The van der Waals surface area contributed by atoms with Crippen molar-refractivity contribution in [3.8, 4) is 0 Å². The number of aromatic carboxylic acids is 1. The van der Waals surface area contributed by atoms with Crippen LogP contribution in [0.2, 0.25) is 0 Å². The third kappa shape index (κ3) is 2.99. The van der Waals surface area contributed by atoms with Gasteiger partial charge in [-0.1, -0.05) is 12.1 Å². The Morgan fingerprint density at radius 2 is 2.10 bits per heavy atom. The number of benzene rings is 1. The molecule has 1 aromatic heterocycles. The summed E-state index contributed by atoms with van der Waals surface area (Å²) in [6.45, 7) is 4.34. The summed E-state index contributed by atoms with van der Waals surface area (Å²) in [7, 11) is 0. The molecular formula is C15H16FNO2S. The lowest BCUT2D eigenvalue weighted by Gasteiger charge is -2.30. The summed E-state index contributed by atoms with van der Waals surface area (Å²) in [5.74, 6) is -1.62. The van der Waals surface area contributed by atoms with E-state index in [1.165, 1.54) is 18.2 Å². The molecule has 3 nitrogen and oxygen atoms in total. The van der Waals surface area contributed by atoms with Crippen LogP contribution in [0.1, 0.15) is 29.1 Å². The molecule has 0 unspecified atom stereocenters. The van der Waals surface area contributed by atoms with Gasteiger partial charge in [0.1, 0.15) is 5.82 Å². The van der Waals surface area contributed by atoms with Gasteiger partial charge in [0.15, 0.2) is 0 Å². The number of nitrogens with zero attached hydrogens (tertiary/aromatic N) is 1. The molecule has 0 saturated carbocycles. The number of carboxylic acid groups (broad SMARTS) is 1. The molecule has 1 aromatic carbocycles. The van der Waals surface area contributed by atoms with Crippen LogP contribution in [0.25, 0.3) is 0 Å². The first-order valence-corrected chi connectivity index (χ1v) is 7.19. The highest BCUT2D eigenvalue weighted by Gasteiger charge is 2.22. The van der Waals surface area contributed by atoms with Crippen LogP contribution in [0.5, 0.6) is 0 Å². The zero-order chi connectivity index (χ0) is 14.7. The topological polar surface area (TPSA) is 40.5 Å². The molecule has 0 fully saturated rings. The molecule has 0 atom stereocenters. The third-order valence-electron chi connectivity index (χ3n) is 3.03. The van der Waals surface area contributed by atoms with Gasteiger partial charge in [-0.25, -0.2) is 9.18 Å². The fraction of sp³-hybridized carbons (Fsp3) is 0.267. The molecule has 0 aliphatic rings. The minimum Gasteiger partial charge on any atom is -0.478 e. The van der Waals surface area contributed by atoms with E-state index < -0.39 is 11.8 Å². The number of carbonyl (C=O) groups is 1. The molecule has 2 aromatic rings. The van der Waals surface area contributed by atoms with Crippen molar-refractivity contribution in [2.24, 2.45) is 0 Å². The molecule has 0 radical (unpaired) electrons. The summed E-state index contributed by atoms with van der Waals surface area (Å²) in [6, 6.07) is 8.04. The number of carboxylic acids is 1. The lowest BCUT2D eigenvalue weighted by Crippen LogP contribution is -2.32. The zero-order valence-corrected chi connectivity index (χ0v) is 12.2. The van der Waals surface area contributed by atoms with Crippen LogP contribution in [0.4, 0.5) is 10.1 Å². The lowest BCUT2D eigenvalue weighted by molar-refractivity contribution is 0.0697. The van der Waals surface area contributed by atoms with Crippen LogP contribution in [0.15, 0.2) is 35.7 Å². The Morgan fingerprint density at radius 3 is 2.65 bits per heavy atom. The Bertz CT molecular complexity index is 596. The molecule has 2 rings (SSSR count). The van der Waals surface area contributed by atoms with Crippen LogP contribution in [-0.4, -0.2) is 17.1 Å². The van der Waals surface area contributed by atoms with E-state index in [0.29, 0.717) is 6.54 Å². The van der Waals surface area contributed by atoms with Gasteiger partial charge < -0.3 is 10.0 Å². The fourth-order valence-corrected chi connectivity index (χ4v) is 2.77. The molecule has 1 N–H and O–H groups in total. The smallest absolute Gasteiger partial charge is 0.337 e. The second-order valence-corrected chi connectivity index (χ2v) is 5.77. The number of hydrogen-bond acceptors (Lipinski definition) is 3. The average Bonchev–Trinajstić information content (AvgIpc) is 2.88. The SMILES string of the molecule is CC(C)N(Cc1cccs1)c1c(F)cccc1C(=O)O. The predicted molar refractivity (Wildman–Crippen MR) is 79.0 cm³/mol. The van der Waals surface area contributed by atoms with Crippen molar-refractivity contribution >= 4 is 23.0 Å². The summed E-state index contributed by atoms with van der Waals surface area (Å²) in [5, 5.41) is 11.2. The van der Waals surface area contributed by atoms with Gasteiger partial charge in [-0.15, -0.1) is 11.3 Å². The predicted octanol–water partition coefficient (Wildman–Crippen LogP) is 4.00. The van der Waals surface area contributed by atoms with Crippen molar-refractivity contribution < 1.29 is 14.3 Å². The average molecular weight is 293 g/mol. The Labute approximate surface area is 121 Å². The summed E-state index contributed by atoms with van der Waals surface area (Å²) >= 11 is 1.57. The molecule has 0 aliphatic carbocycles. The monoisotopic (exact) mass is 293 g/mol. The first kappa shape index (κ1) is 14.5. The standard InChI is InChI=1S/C15H16FNO2S/c1-10(2)17(9-11-5-4-8-20-11)14-12(15(18)19)6-3-7-13(14)16/h3-8,10H,9H2,1-2H3,(H,18,19). The number of hydrogen-bond donors (Lipinski definition) is 1. The largest absolute Gasteiger partial charge is 0.478 e. The summed E-state index contributed by atoms with van der Waals surface area (Å²) in [5.41, 5.74) is 0.152. The second kappa shape index (κ2) is 6.05. The molecule has 0 amide bonds. The Hall–Kier alpha value is -1.88. The van der Waals surface area contributed by atoms with E-state index in [2.05, 4.69) is 0 Å². The first-order valence-electron chi connectivity index (χ1n) is 6.31. The summed E-state index contributed by atoms with van der Waals surface area (Å²) < 4.78 is 14.1. The van der Waals surface area contributed by atoms with Gasteiger partial charge in [0, 0.05) is 10.9 Å². The van der Waals surface area contributed by atoms with Crippen molar-refractivity contribution in [1.82, 2.24) is 0 Å². The zero-order valence-electron chi connectivity index (χ0n) is 11.3. The molecule has 0 aliphatic heterocycles. The van der Waals surface area contributed by atoms with E-state index in [1.54, 1.807) is 16.2 Å². The molecule has 0 spiro atoms. The van der Waals surface area contributed by atoms with Crippen molar-refractivity contribution in [2.75, 3.05) is 4.90 Å². The van der Waals surface area contributed by atoms with E-state index in [9.17, 15) is 14.3 Å². The third-order valence-corrected chi connectivity index (χ3v) is 3.90. The van der Waals surface area contributed by atoms with Gasteiger partial charge in [-0.2, -0.15) is 0 Å². The highest BCUT2D eigenvalue weighted by molar-refractivity contribution is 7.09. The van der Waals surface area contributed by atoms with E-state index in [-0.39, 0.29) is 17.3 Å². The van der Waals surface area contributed by atoms with Crippen LogP contribution in [-0.2, 0) is 6.54 Å². The number of para-hydroxylation sites is 1. The van der Waals surface area contributed by atoms with Crippen LogP contribution in [0, 0.1) is 5.82 Å². The van der Waals surface area contributed by atoms with Crippen molar-refractivity contribution in [3.63, 3.8) is 0 Å². The molecule has 5 heteroatoms. The molecule has 1 heterocycles. The maximum atomic E-state index is 14.1. The Balaban J connectivity index is 2.46. The van der Waals surface area contributed by atoms with E-state index in [4.69, 9.17) is 0 Å². The summed E-state index contributed by atoms with van der Waals surface area (Å²) in [4.78, 5) is 14.2. The van der Waals surface area contributed by atoms with E-state index in [1.807, 2.05) is 31.4 Å². The molecular weight excluding hydrogens is 277 g/mol. The normalized spacial score (nSPS) is 10.8. The van der Waals surface area contributed by atoms with Crippen molar-refractivity contribution in [2.45, 2.75) is 26.4 Å². The lowest BCUT2D eigenvalue weighted by atomic mass is 10.1. The minimum absolute atomic E-state index is 0.00439. The Kier molecular flexibility index (Phi) is 4.39. The van der Waals surface area contributed by atoms with Crippen molar-refractivity contribution in [3.05, 3.63) is 52.0 Å². The maximum absolute atomic E-state index is 14.1. The molecule has 0 bridgehead atoms. The van der Waals surface area contributed by atoms with Gasteiger partial charge in [-0.05, 0) is 37.4 Å². The molecule has 20 heavy (non-hydrogen) atoms. The van der Waals surface area contributed by atoms with E-state index >= 15 is 0 Å². The molecule has 0 saturated heterocycles. The van der Waals surface area contributed by atoms with Gasteiger partial charge in [0.25, 0.3) is 0 Å². The molecule has 106 valence electrons.